The van der Waals surface area contributed by atoms with Gasteiger partial charge in [0.2, 0.25) is 0 Å². The number of nitrogens with zero attached hydrogens (tertiary/aromatic N) is 4. The molecular weight excluding hydrogens is 427 g/mol. The lowest BCUT2D eigenvalue weighted by Gasteiger charge is -2.20. The first-order valence-electron chi connectivity index (χ1n) is 10.5. The van der Waals surface area contributed by atoms with E-state index in [0.29, 0.717) is 33.6 Å². The van der Waals surface area contributed by atoms with Crippen molar-refractivity contribution >= 4 is 32.6 Å². The number of anilines is 1. The van der Waals surface area contributed by atoms with Gasteiger partial charge in [0.1, 0.15) is 11.6 Å². The summed E-state index contributed by atoms with van der Waals surface area (Å²) in [5.41, 5.74) is 1.88. The number of ether oxygens (including phenoxy) is 1. The van der Waals surface area contributed by atoms with Gasteiger partial charge in [-0.1, -0.05) is 37.3 Å². The van der Waals surface area contributed by atoms with E-state index in [2.05, 4.69) is 23.8 Å². The number of hydrogen-bond donors (Lipinski definition) is 0. The summed E-state index contributed by atoms with van der Waals surface area (Å²) in [6.45, 7) is 5.35. The van der Waals surface area contributed by atoms with Gasteiger partial charge in [-0.3, -0.25) is 9.69 Å². The molecular formula is C24H25FN4O2S. The molecule has 4 aromatic rings. The van der Waals surface area contributed by atoms with Crippen molar-refractivity contribution in [2.45, 2.75) is 32.7 Å². The quantitative estimate of drug-likeness (QED) is 0.348. The maximum Gasteiger partial charge on any atom is 0.266 e. The molecule has 1 amide bonds. The highest BCUT2D eigenvalue weighted by Gasteiger charge is 2.20. The minimum atomic E-state index is -0.320. The third-order valence-corrected chi connectivity index (χ3v) is 6.18. The highest BCUT2D eigenvalue weighted by atomic mass is 32.1. The average Bonchev–Trinajstić information content (AvgIpc) is 3.44. The minimum Gasteiger partial charge on any atom is -0.484 e. The van der Waals surface area contributed by atoms with Crippen molar-refractivity contribution in [2.75, 3.05) is 18.1 Å². The maximum atomic E-state index is 13.6. The van der Waals surface area contributed by atoms with Crippen molar-refractivity contribution in [2.24, 2.45) is 0 Å². The number of fused-ring (bicyclic) bond motifs is 1. The van der Waals surface area contributed by atoms with Crippen LogP contribution in [0.25, 0.3) is 10.2 Å². The summed E-state index contributed by atoms with van der Waals surface area (Å²) in [5, 5.41) is 0.542. The lowest BCUT2D eigenvalue weighted by atomic mass is 10.0. The van der Waals surface area contributed by atoms with Crippen molar-refractivity contribution in [3.05, 3.63) is 72.6 Å². The van der Waals surface area contributed by atoms with Gasteiger partial charge in [-0.05, 0) is 48.2 Å². The van der Waals surface area contributed by atoms with Crippen LogP contribution >= 0.6 is 11.3 Å². The summed E-state index contributed by atoms with van der Waals surface area (Å²) < 4.78 is 22.1. The largest absolute Gasteiger partial charge is 0.484 e. The molecule has 0 N–H and O–H groups in total. The van der Waals surface area contributed by atoms with E-state index < -0.39 is 0 Å². The normalized spacial score (nSPS) is 11.2. The molecule has 2 aromatic carbocycles. The Hall–Kier alpha value is -3.26. The third-order valence-electron chi connectivity index (χ3n) is 5.14. The van der Waals surface area contributed by atoms with Crippen molar-refractivity contribution < 1.29 is 13.9 Å². The number of imidazole rings is 1. The van der Waals surface area contributed by atoms with E-state index in [9.17, 15) is 9.18 Å². The number of aromatic nitrogens is 3. The molecule has 0 unspecified atom stereocenters. The molecule has 0 saturated carbocycles. The Morgan fingerprint density at radius 2 is 2.03 bits per heavy atom. The Bertz CT molecular complexity index is 1170. The minimum absolute atomic E-state index is 0.101. The SMILES string of the molecule is CC(C)c1ccc(OCC(=O)N(CCCn2ccnc2)c2nc3ccc(F)cc3s2)cc1. The molecule has 2 heterocycles. The van der Waals surface area contributed by atoms with E-state index in [1.807, 2.05) is 35.0 Å². The standard InChI is InChI=1S/C24H25FN4O2S/c1-17(2)18-4-7-20(8-5-18)31-15-23(30)29(12-3-11-28-13-10-26-16-28)24-27-21-9-6-19(25)14-22(21)32-24/h4-10,13-14,16-17H,3,11-12,15H2,1-2H3. The van der Waals surface area contributed by atoms with Crippen LogP contribution in [0.1, 0.15) is 31.7 Å². The Morgan fingerprint density at radius 3 is 2.75 bits per heavy atom. The highest BCUT2D eigenvalue weighted by molar-refractivity contribution is 7.22. The second-order valence-electron chi connectivity index (χ2n) is 7.82. The molecule has 0 spiro atoms. The molecule has 8 heteroatoms. The van der Waals surface area contributed by atoms with Crippen molar-refractivity contribution in [3.63, 3.8) is 0 Å². The zero-order valence-corrected chi connectivity index (χ0v) is 18.9. The van der Waals surface area contributed by atoms with Gasteiger partial charge in [-0.2, -0.15) is 0 Å². The summed E-state index contributed by atoms with van der Waals surface area (Å²) in [5.74, 6) is 0.565. The molecule has 166 valence electrons. The predicted octanol–water partition coefficient (Wildman–Crippen LogP) is 5.26. The Kier molecular flexibility index (Phi) is 6.80. The molecule has 0 fully saturated rings. The molecule has 0 radical (unpaired) electrons. The van der Waals surface area contributed by atoms with E-state index in [0.717, 1.165) is 13.0 Å². The first-order chi connectivity index (χ1) is 15.5. The summed E-state index contributed by atoms with van der Waals surface area (Å²) >= 11 is 1.30. The monoisotopic (exact) mass is 452 g/mol. The molecule has 0 aliphatic heterocycles. The number of rotatable bonds is 9. The number of benzene rings is 2. The molecule has 32 heavy (non-hydrogen) atoms. The first-order valence-corrected chi connectivity index (χ1v) is 11.4. The van der Waals surface area contributed by atoms with Crippen LogP contribution in [-0.2, 0) is 11.3 Å². The lowest BCUT2D eigenvalue weighted by molar-refractivity contribution is -0.120. The predicted molar refractivity (Wildman–Crippen MR) is 125 cm³/mol. The summed E-state index contributed by atoms with van der Waals surface area (Å²) in [4.78, 5) is 23.3. The number of aryl methyl sites for hydroxylation is 1. The van der Waals surface area contributed by atoms with Gasteiger partial charge in [0.25, 0.3) is 5.91 Å². The second kappa shape index (κ2) is 9.91. The fourth-order valence-corrected chi connectivity index (χ4v) is 4.36. The van der Waals surface area contributed by atoms with Crippen molar-refractivity contribution in [3.8, 4) is 5.75 Å². The lowest BCUT2D eigenvalue weighted by Crippen LogP contribution is -2.36. The summed E-state index contributed by atoms with van der Waals surface area (Å²) in [6, 6.07) is 12.2. The van der Waals surface area contributed by atoms with Gasteiger partial charge < -0.3 is 9.30 Å². The van der Waals surface area contributed by atoms with Crippen LogP contribution in [0.15, 0.2) is 61.2 Å². The van der Waals surface area contributed by atoms with Gasteiger partial charge >= 0.3 is 0 Å². The van der Waals surface area contributed by atoms with Gasteiger partial charge in [-0.15, -0.1) is 0 Å². The summed E-state index contributed by atoms with van der Waals surface area (Å²) in [6.07, 6.45) is 6.08. The topological polar surface area (TPSA) is 60.2 Å². The number of halogens is 1. The third kappa shape index (κ3) is 5.31. The average molecular weight is 453 g/mol. The molecule has 0 bridgehead atoms. The molecule has 4 rings (SSSR count). The van der Waals surface area contributed by atoms with Gasteiger partial charge in [0.05, 0.1) is 16.5 Å². The van der Waals surface area contributed by atoms with Gasteiger partial charge in [0, 0.05) is 25.5 Å². The van der Waals surface area contributed by atoms with E-state index in [4.69, 9.17) is 4.74 Å². The van der Waals surface area contributed by atoms with Crippen LogP contribution in [0.2, 0.25) is 0 Å². The smallest absolute Gasteiger partial charge is 0.266 e. The zero-order valence-electron chi connectivity index (χ0n) is 18.1. The van der Waals surface area contributed by atoms with Crippen molar-refractivity contribution in [1.82, 2.24) is 14.5 Å². The highest BCUT2D eigenvalue weighted by Crippen LogP contribution is 2.30. The van der Waals surface area contributed by atoms with E-state index >= 15 is 0 Å². The number of amides is 1. The summed E-state index contributed by atoms with van der Waals surface area (Å²) in [7, 11) is 0. The Morgan fingerprint density at radius 1 is 1.22 bits per heavy atom. The number of carbonyl (C=O) groups is 1. The number of thiazole rings is 1. The number of carbonyl (C=O) groups excluding carboxylic acids is 1. The van der Waals surface area contributed by atoms with E-state index in [1.54, 1.807) is 23.5 Å². The second-order valence-corrected chi connectivity index (χ2v) is 8.83. The van der Waals surface area contributed by atoms with Crippen LogP contribution in [-0.4, -0.2) is 33.6 Å². The van der Waals surface area contributed by atoms with Crippen LogP contribution < -0.4 is 9.64 Å². The van der Waals surface area contributed by atoms with E-state index in [-0.39, 0.29) is 18.3 Å². The molecule has 0 saturated heterocycles. The molecule has 0 atom stereocenters. The molecule has 0 aliphatic rings. The van der Waals surface area contributed by atoms with Crippen molar-refractivity contribution in [1.29, 1.82) is 0 Å². The molecule has 2 aromatic heterocycles. The fraction of sp³-hybridized carbons (Fsp3) is 0.292. The molecule has 0 aliphatic carbocycles. The zero-order chi connectivity index (χ0) is 22.5. The molecule has 6 nitrogen and oxygen atoms in total. The van der Waals surface area contributed by atoms with Gasteiger partial charge in [0.15, 0.2) is 11.7 Å². The number of hydrogen-bond acceptors (Lipinski definition) is 5. The van der Waals surface area contributed by atoms with Crippen LogP contribution in [0.3, 0.4) is 0 Å². The first kappa shape index (κ1) is 22.0. The van der Waals surface area contributed by atoms with E-state index in [1.165, 1.54) is 29.0 Å². The van der Waals surface area contributed by atoms with Crippen LogP contribution in [0.4, 0.5) is 9.52 Å². The Labute approximate surface area is 190 Å². The maximum absolute atomic E-state index is 13.6. The Balaban J connectivity index is 1.48. The van der Waals surface area contributed by atoms with Crippen LogP contribution in [0.5, 0.6) is 5.75 Å². The fourth-order valence-electron chi connectivity index (χ4n) is 3.33. The van der Waals surface area contributed by atoms with Crippen LogP contribution in [0, 0.1) is 5.82 Å². The van der Waals surface area contributed by atoms with Gasteiger partial charge in [-0.25, -0.2) is 14.4 Å².